The van der Waals surface area contributed by atoms with Crippen LogP contribution in [0.15, 0.2) is 5.10 Å². The highest BCUT2D eigenvalue weighted by Crippen LogP contribution is 2.51. The van der Waals surface area contributed by atoms with E-state index >= 15 is 0 Å². The molecule has 0 aromatic rings. The van der Waals surface area contributed by atoms with Crippen LogP contribution in [0.25, 0.3) is 0 Å². The van der Waals surface area contributed by atoms with Crippen LogP contribution < -0.4 is 0 Å². The first-order valence-corrected chi connectivity index (χ1v) is 7.51. The van der Waals surface area contributed by atoms with E-state index < -0.39 is 14.3 Å². The second kappa shape index (κ2) is 6.10. The highest BCUT2D eigenvalue weighted by atomic mass is 79.9. The van der Waals surface area contributed by atoms with Crippen LogP contribution in [0.3, 0.4) is 0 Å². The van der Waals surface area contributed by atoms with Crippen molar-refractivity contribution in [2.75, 3.05) is 6.54 Å². The fourth-order valence-corrected chi connectivity index (χ4v) is 2.92. The molecule has 0 saturated heterocycles. The van der Waals surface area contributed by atoms with E-state index in [0.717, 1.165) is 12.8 Å². The Morgan fingerprint density at radius 3 is 2.35 bits per heavy atom. The van der Waals surface area contributed by atoms with Gasteiger partial charge in [-0.3, -0.25) is 8.93 Å². The molecule has 9 heteroatoms. The summed E-state index contributed by atoms with van der Waals surface area (Å²) in [6, 6.07) is 0. The van der Waals surface area contributed by atoms with Gasteiger partial charge in [-0.05, 0) is 6.42 Å². The quantitative estimate of drug-likeness (QED) is 0.505. The highest BCUT2D eigenvalue weighted by Gasteiger charge is 2.57. The molecular formula is C8H11BrCl5N3. The van der Waals surface area contributed by atoms with Gasteiger partial charge in [0.2, 0.25) is 8.13 Å². The van der Waals surface area contributed by atoms with Crippen LogP contribution in [0.5, 0.6) is 0 Å². The molecule has 17 heavy (non-hydrogen) atoms. The summed E-state index contributed by atoms with van der Waals surface area (Å²) in [7, 11) is 0. The first-order chi connectivity index (χ1) is 7.71. The summed E-state index contributed by atoms with van der Waals surface area (Å²) >= 11 is 33.0. The highest BCUT2D eigenvalue weighted by molar-refractivity contribution is 9.07. The lowest BCUT2D eigenvalue weighted by Gasteiger charge is -2.39. The Labute approximate surface area is 134 Å². The number of hydrogen-bond acceptors (Lipinski definition) is 3. The molecular weight excluding hydrogens is 395 g/mol. The molecule has 0 bridgehead atoms. The van der Waals surface area contributed by atoms with E-state index in [-0.39, 0.29) is 0 Å². The topological polar surface area (TPSA) is 18.8 Å². The van der Waals surface area contributed by atoms with Crippen molar-refractivity contribution in [1.82, 2.24) is 8.93 Å². The standard InChI is InChI=1S/C8H11BrCl5N3/c1-2-3-4-17-6(16(9)5-15-17)7(10,11)8(12,13)14/h5-6H,2-4H2,1H3. The van der Waals surface area contributed by atoms with Gasteiger partial charge in [0, 0.05) is 6.54 Å². The average Bonchev–Trinajstić information content (AvgIpc) is 2.55. The third kappa shape index (κ3) is 3.61. The average molecular weight is 406 g/mol. The lowest BCUT2D eigenvalue weighted by molar-refractivity contribution is 0.162. The third-order valence-corrected chi connectivity index (χ3v) is 5.27. The molecule has 0 fully saturated rings. The SMILES string of the molecule is CCCCN1N=CN(Br)C1C(Cl)(Cl)C(Cl)(Cl)Cl. The fraction of sp³-hybridized carbons (Fsp3) is 0.875. The third-order valence-electron chi connectivity index (χ3n) is 2.27. The van der Waals surface area contributed by atoms with Crippen molar-refractivity contribution in [2.24, 2.45) is 5.10 Å². The maximum Gasteiger partial charge on any atom is 0.227 e. The van der Waals surface area contributed by atoms with Crippen LogP contribution in [0.2, 0.25) is 0 Å². The van der Waals surface area contributed by atoms with Gasteiger partial charge in [0.25, 0.3) is 0 Å². The number of hydrogen-bond donors (Lipinski definition) is 0. The molecule has 0 aromatic heterocycles. The first-order valence-electron chi connectivity index (χ1n) is 4.91. The normalized spacial score (nSPS) is 21.5. The molecule has 1 aliphatic rings. The molecule has 0 amide bonds. The number of hydrazone groups is 1. The van der Waals surface area contributed by atoms with Crippen molar-refractivity contribution in [3.05, 3.63) is 0 Å². The molecule has 1 aliphatic heterocycles. The fourth-order valence-electron chi connectivity index (χ4n) is 1.36. The van der Waals surface area contributed by atoms with Gasteiger partial charge < -0.3 is 0 Å². The molecule has 0 aliphatic carbocycles. The second-order valence-corrected chi connectivity index (χ2v) is 8.07. The predicted molar refractivity (Wildman–Crippen MR) is 79.4 cm³/mol. The van der Waals surface area contributed by atoms with E-state index in [2.05, 4.69) is 28.2 Å². The monoisotopic (exact) mass is 403 g/mol. The first kappa shape index (κ1) is 16.3. The molecule has 1 atom stereocenters. The van der Waals surface area contributed by atoms with Crippen molar-refractivity contribution in [2.45, 2.75) is 34.1 Å². The summed E-state index contributed by atoms with van der Waals surface area (Å²) in [5.41, 5.74) is 0. The minimum absolute atomic E-state index is 0.579. The number of rotatable bonds is 4. The lowest BCUT2D eigenvalue weighted by Crippen LogP contribution is -2.54. The maximum atomic E-state index is 6.16. The molecule has 100 valence electrons. The summed E-state index contributed by atoms with van der Waals surface area (Å²) < 4.78 is -1.90. The van der Waals surface area contributed by atoms with Crippen molar-refractivity contribution in [3.8, 4) is 0 Å². The van der Waals surface area contributed by atoms with Crippen LogP contribution in [-0.4, -0.2) is 36.1 Å². The lowest BCUT2D eigenvalue weighted by atomic mass is 10.3. The minimum Gasteiger partial charge on any atom is -0.271 e. The van der Waals surface area contributed by atoms with Gasteiger partial charge in [0.1, 0.15) is 6.34 Å². The Hall–Kier alpha value is 1.20. The summed E-state index contributed by atoms with van der Waals surface area (Å²) in [5, 5.41) is 5.85. The van der Waals surface area contributed by atoms with Crippen LogP contribution in [0.1, 0.15) is 19.8 Å². The second-order valence-electron chi connectivity index (χ2n) is 3.59. The molecule has 0 N–H and O–H groups in total. The minimum atomic E-state index is -1.83. The van der Waals surface area contributed by atoms with Crippen molar-refractivity contribution >= 4 is 80.5 Å². The van der Waals surface area contributed by atoms with Gasteiger partial charge in [0.15, 0.2) is 6.17 Å². The van der Waals surface area contributed by atoms with Crippen LogP contribution in [0, 0.1) is 0 Å². The Kier molecular flexibility index (Phi) is 5.83. The van der Waals surface area contributed by atoms with E-state index in [4.69, 9.17) is 58.0 Å². The van der Waals surface area contributed by atoms with E-state index in [1.165, 1.54) is 6.34 Å². The van der Waals surface area contributed by atoms with Gasteiger partial charge in [-0.15, -0.1) is 0 Å². The summed E-state index contributed by atoms with van der Waals surface area (Å²) in [4.78, 5) is 0. The summed E-state index contributed by atoms with van der Waals surface area (Å²) in [6.45, 7) is 2.76. The van der Waals surface area contributed by atoms with Gasteiger partial charge in [-0.2, -0.15) is 5.10 Å². The largest absolute Gasteiger partial charge is 0.271 e. The molecule has 1 unspecified atom stereocenters. The van der Waals surface area contributed by atoms with E-state index in [1.54, 1.807) is 8.93 Å². The maximum absolute atomic E-state index is 6.16. The van der Waals surface area contributed by atoms with Crippen LogP contribution in [0.4, 0.5) is 0 Å². The smallest absolute Gasteiger partial charge is 0.227 e. The Bertz CT molecular complexity index is 293. The molecule has 0 saturated carbocycles. The Balaban J connectivity index is 2.86. The molecule has 0 radical (unpaired) electrons. The van der Waals surface area contributed by atoms with E-state index in [0.29, 0.717) is 6.54 Å². The van der Waals surface area contributed by atoms with Crippen LogP contribution in [-0.2, 0) is 0 Å². The molecule has 0 aromatic carbocycles. The zero-order chi connectivity index (χ0) is 13.3. The molecule has 3 nitrogen and oxygen atoms in total. The molecule has 1 rings (SSSR count). The predicted octanol–water partition coefficient (Wildman–Crippen LogP) is 4.53. The van der Waals surface area contributed by atoms with Crippen molar-refractivity contribution in [1.29, 1.82) is 0 Å². The van der Waals surface area contributed by atoms with Crippen molar-refractivity contribution in [3.63, 3.8) is 0 Å². The van der Waals surface area contributed by atoms with Crippen molar-refractivity contribution < 1.29 is 0 Å². The van der Waals surface area contributed by atoms with Gasteiger partial charge in [-0.25, -0.2) is 0 Å². The van der Waals surface area contributed by atoms with E-state index in [1.807, 2.05) is 0 Å². The number of alkyl halides is 5. The van der Waals surface area contributed by atoms with Gasteiger partial charge in [-0.1, -0.05) is 71.3 Å². The number of unbranched alkanes of at least 4 members (excludes halogenated alkanes) is 1. The molecule has 1 heterocycles. The Morgan fingerprint density at radius 2 is 1.88 bits per heavy atom. The summed E-state index contributed by atoms with van der Waals surface area (Å²) in [5.74, 6) is 0. The van der Waals surface area contributed by atoms with Crippen LogP contribution >= 0.6 is 74.2 Å². The van der Waals surface area contributed by atoms with Gasteiger partial charge >= 0.3 is 0 Å². The number of nitrogens with zero attached hydrogens (tertiary/aromatic N) is 3. The number of halogens is 6. The molecule has 0 spiro atoms. The zero-order valence-electron chi connectivity index (χ0n) is 8.89. The van der Waals surface area contributed by atoms with E-state index in [9.17, 15) is 0 Å². The Morgan fingerprint density at radius 1 is 1.29 bits per heavy atom. The summed E-state index contributed by atoms with van der Waals surface area (Å²) in [6.07, 6.45) is 2.92. The zero-order valence-corrected chi connectivity index (χ0v) is 14.3. The van der Waals surface area contributed by atoms with Gasteiger partial charge in [0.05, 0.1) is 16.1 Å².